The predicted molar refractivity (Wildman–Crippen MR) is 75.1 cm³/mol. The second kappa shape index (κ2) is 8.45. The zero-order valence-corrected chi connectivity index (χ0v) is 12.4. The molecule has 0 saturated heterocycles. The van der Waals surface area contributed by atoms with Crippen molar-refractivity contribution in [1.82, 2.24) is 0 Å². The van der Waals surface area contributed by atoms with E-state index in [0.717, 1.165) is 19.6 Å². The fourth-order valence-electron chi connectivity index (χ4n) is 1.89. The largest absolute Gasteiger partial charge is 0.394 e. The van der Waals surface area contributed by atoms with E-state index < -0.39 is 9.28 Å². The third-order valence-electron chi connectivity index (χ3n) is 2.74. The second-order valence-corrected chi connectivity index (χ2v) is 6.00. The van der Waals surface area contributed by atoms with Crippen LogP contribution in [-0.2, 0) is 15.3 Å². The van der Waals surface area contributed by atoms with Crippen molar-refractivity contribution in [3.05, 3.63) is 29.8 Å². The van der Waals surface area contributed by atoms with Crippen molar-refractivity contribution in [3.63, 3.8) is 0 Å². The molecular formula is C14H24O2Si. The van der Waals surface area contributed by atoms with Crippen LogP contribution >= 0.6 is 0 Å². The van der Waals surface area contributed by atoms with E-state index in [2.05, 4.69) is 31.2 Å². The summed E-state index contributed by atoms with van der Waals surface area (Å²) in [4.78, 5) is 0. The predicted octanol–water partition coefficient (Wildman–Crippen LogP) is 2.53. The van der Waals surface area contributed by atoms with E-state index in [1.807, 2.05) is 13.8 Å². The molecule has 0 aromatic heterocycles. The lowest BCUT2D eigenvalue weighted by Gasteiger charge is -2.18. The molecule has 1 aromatic carbocycles. The van der Waals surface area contributed by atoms with Crippen molar-refractivity contribution in [2.75, 3.05) is 13.2 Å². The van der Waals surface area contributed by atoms with Crippen LogP contribution in [0.3, 0.4) is 0 Å². The minimum absolute atomic E-state index is 0.735. The highest BCUT2D eigenvalue weighted by molar-refractivity contribution is 6.61. The summed E-state index contributed by atoms with van der Waals surface area (Å²) in [5.74, 6) is 0. The van der Waals surface area contributed by atoms with Crippen molar-refractivity contribution < 1.29 is 8.85 Å². The van der Waals surface area contributed by atoms with Gasteiger partial charge < -0.3 is 8.85 Å². The first-order chi connectivity index (χ1) is 8.33. The minimum atomic E-state index is -1.67. The normalized spacial score (nSPS) is 11.1. The van der Waals surface area contributed by atoms with E-state index in [1.54, 1.807) is 0 Å². The summed E-state index contributed by atoms with van der Waals surface area (Å²) >= 11 is 0. The fourth-order valence-corrected chi connectivity index (χ4v) is 3.76. The first kappa shape index (κ1) is 14.4. The summed E-state index contributed by atoms with van der Waals surface area (Å²) in [6, 6.07) is 8.58. The molecule has 0 atom stereocenters. The van der Waals surface area contributed by atoms with Crippen LogP contribution in [0, 0.1) is 0 Å². The summed E-state index contributed by atoms with van der Waals surface area (Å²) in [6.45, 7) is 7.77. The average molecular weight is 252 g/mol. The van der Waals surface area contributed by atoms with E-state index in [9.17, 15) is 0 Å². The van der Waals surface area contributed by atoms with E-state index in [4.69, 9.17) is 8.85 Å². The summed E-state index contributed by atoms with van der Waals surface area (Å²) < 4.78 is 11.6. The highest BCUT2D eigenvalue weighted by Crippen LogP contribution is 2.05. The van der Waals surface area contributed by atoms with Gasteiger partial charge in [0.05, 0.1) is 0 Å². The Morgan fingerprint density at radius 2 is 1.65 bits per heavy atom. The van der Waals surface area contributed by atoms with Gasteiger partial charge in [-0.3, -0.25) is 0 Å². The molecule has 0 spiro atoms. The molecule has 0 saturated carbocycles. The van der Waals surface area contributed by atoms with Gasteiger partial charge in [-0.15, -0.1) is 0 Å². The van der Waals surface area contributed by atoms with E-state index in [1.165, 1.54) is 23.6 Å². The lowest BCUT2D eigenvalue weighted by atomic mass is 10.1. The Kier molecular flexibility index (Phi) is 7.16. The first-order valence-electron chi connectivity index (χ1n) is 6.64. The van der Waals surface area contributed by atoms with Crippen molar-refractivity contribution in [2.45, 2.75) is 40.0 Å². The topological polar surface area (TPSA) is 18.5 Å². The minimum Gasteiger partial charge on any atom is -0.394 e. The third kappa shape index (κ3) is 4.62. The molecule has 0 aliphatic carbocycles. The van der Waals surface area contributed by atoms with E-state index in [0.29, 0.717) is 0 Å². The Morgan fingerprint density at radius 1 is 1.00 bits per heavy atom. The zero-order valence-electron chi connectivity index (χ0n) is 11.2. The summed E-state index contributed by atoms with van der Waals surface area (Å²) in [5.41, 5.74) is 1.41. The summed E-state index contributed by atoms with van der Waals surface area (Å²) in [5, 5.41) is 1.32. The Bertz CT molecular complexity index is 309. The second-order valence-electron chi connectivity index (χ2n) is 4.04. The van der Waals surface area contributed by atoms with Crippen LogP contribution in [0.4, 0.5) is 0 Å². The van der Waals surface area contributed by atoms with Gasteiger partial charge in [0.2, 0.25) is 0 Å². The van der Waals surface area contributed by atoms with Gasteiger partial charge in [-0.25, -0.2) is 0 Å². The van der Waals surface area contributed by atoms with Crippen LogP contribution in [0.5, 0.6) is 0 Å². The molecule has 0 N–H and O–H groups in total. The number of unbranched alkanes of at least 4 members (excludes halogenated alkanes) is 1. The van der Waals surface area contributed by atoms with Crippen LogP contribution in [0.25, 0.3) is 0 Å². The Balaban J connectivity index is 2.83. The molecule has 1 aromatic rings. The fraction of sp³-hybridized carbons (Fsp3) is 0.571. The number of hydrogen-bond donors (Lipinski definition) is 0. The molecular weight excluding hydrogens is 228 g/mol. The number of rotatable bonds is 8. The van der Waals surface area contributed by atoms with Gasteiger partial charge in [0.15, 0.2) is 0 Å². The van der Waals surface area contributed by atoms with Crippen LogP contribution in [0.15, 0.2) is 24.3 Å². The maximum atomic E-state index is 5.81. The SMILES string of the molecule is CCCCc1ccccc1[SiH](OCC)OCC. The van der Waals surface area contributed by atoms with Gasteiger partial charge in [-0.2, -0.15) is 0 Å². The van der Waals surface area contributed by atoms with Crippen molar-refractivity contribution in [3.8, 4) is 0 Å². The average Bonchev–Trinajstić information content (AvgIpc) is 2.36. The van der Waals surface area contributed by atoms with E-state index >= 15 is 0 Å². The first-order valence-corrected chi connectivity index (χ1v) is 8.16. The molecule has 0 amide bonds. The van der Waals surface area contributed by atoms with Gasteiger partial charge in [-0.05, 0) is 37.4 Å². The van der Waals surface area contributed by atoms with Crippen LogP contribution in [0.2, 0.25) is 0 Å². The molecule has 0 aliphatic rings. The molecule has 2 nitrogen and oxygen atoms in total. The third-order valence-corrected chi connectivity index (χ3v) is 5.09. The van der Waals surface area contributed by atoms with Crippen molar-refractivity contribution >= 4 is 14.5 Å². The molecule has 0 unspecified atom stereocenters. The number of benzene rings is 1. The van der Waals surface area contributed by atoms with Crippen LogP contribution in [-0.4, -0.2) is 22.5 Å². The molecule has 0 aliphatic heterocycles. The molecule has 0 fully saturated rings. The zero-order chi connectivity index (χ0) is 12.5. The van der Waals surface area contributed by atoms with Crippen LogP contribution in [0.1, 0.15) is 39.2 Å². The number of aryl methyl sites for hydroxylation is 1. The molecule has 0 radical (unpaired) electrons. The Labute approximate surface area is 107 Å². The molecule has 0 heterocycles. The Hall–Kier alpha value is -0.643. The quantitative estimate of drug-likeness (QED) is 0.662. The monoisotopic (exact) mass is 252 g/mol. The highest BCUT2D eigenvalue weighted by atomic mass is 28.3. The molecule has 1 rings (SSSR count). The lowest BCUT2D eigenvalue weighted by molar-refractivity contribution is 0.225. The molecule has 0 bridgehead atoms. The van der Waals surface area contributed by atoms with Gasteiger partial charge in [0.1, 0.15) is 0 Å². The molecule has 96 valence electrons. The van der Waals surface area contributed by atoms with Gasteiger partial charge in [-0.1, -0.05) is 37.6 Å². The summed E-state index contributed by atoms with van der Waals surface area (Å²) in [7, 11) is -1.67. The van der Waals surface area contributed by atoms with E-state index in [-0.39, 0.29) is 0 Å². The molecule has 17 heavy (non-hydrogen) atoms. The van der Waals surface area contributed by atoms with Gasteiger partial charge >= 0.3 is 9.28 Å². The van der Waals surface area contributed by atoms with Gasteiger partial charge in [0.25, 0.3) is 0 Å². The number of hydrogen-bond acceptors (Lipinski definition) is 2. The van der Waals surface area contributed by atoms with Crippen molar-refractivity contribution in [1.29, 1.82) is 0 Å². The standard InChI is InChI=1S/C14H24O2Si/c1-4-7-10-13-11-8-9-12-14(13)17(15-5-2)16-6-3/h8-9,11-12,17H,4-7,10H2,1-3H3. The maximum Gasteiger partial charge on any atom is 0.356 e. The molecule has 3 heteroatoms. The van der Waals surface area contributed by atoms with Gasteiger partial charge in [0, 0.05) is 13.2 Å². The highest BCUT2D eigenvalue weighted by Gasteiger charge is 2.18. The Morgan fingerprint density at radius 3 is 2.24 bits per heavy atom. The lowest BCUT2D eigenvalue weighted by Crippen LogP contribution is -2.39. The maximum absolute atomic E-state index is 5.81. The van der Waals surface area contributed by atoms with Crippen LogP contribution < -0.4 is 5.19 Å². The van der Waals surface area contributed by atoms with Crippen molar-refractivity contribution in [2.24, 2.45) is 0 Å². The summed E-state index contributed by atoms with van der Waals surface area (Å²) in [6.07, 6.45) is 3.59. The smallest absolute Gasteiger partial charge is 0.356 e.